The molecule has 0 radical (unpaired) electrons. The van der Waals surface area contributed by atoms with Crippen molar-refractivity contribution in [3.05, 3.63) is 29.8 Å². The maximum Gasteiger partial charge on any atom is 0.180 e. The lowest BCUT2D eigenvalue weighted by Gasteiger charge is -2.10. The molecule has 1 saturated carbocycles. The highest BCUT2D eigenvalue weighted by atomic mass is 15.0. The molecular formula is C14H17N5. The van der Waals surface area contributed by atoms with Gasteiger partial charge < -0.3 is 5.73 Å². The minimum absolute atomic E-state index is 0.517. The van der Waals surface area contributed by atoms with Crippen molar-refractivity contribution in [2.75, 3.05) is 5.73 Å². The first-order valence-corrected chi connectivity index (χ1v) is 6.67. The molecule has 0 saturated heterocycles. The van der Waals surface area contributed by atoms with Gasteiger partial charge in [-0.05, 0) is 25.8 Å². The van der Waals surface area contributed by atoms with E-state index in [0.29, 0.717) is 23.4 Å². The van der Waals surface area contributed by atoms with Crippen molar-refractivity contribution in [3.8, 4) is 11.5 Å². The minimum Gasteiger partial charge on any atom is -0.384 e. The third-order valence-electron chi connectivity index (χ3n) is 3.54. The summed E-state index contributed by atoms with van der Waals surface area (Å²) >= 11 is 0. The number of aryl methyl sites for hydroxylation is 1. The second kappa shape index (κ2) is 4.91. The number of nitrogens with two attached hydrogens (primary N) is 1. The van der Waals surface area contributed by atoms with Crippen LogP contribution in [0.15, 0.2) is 18.3 Å². The molecule has 5 nitrogen and oxygen atoms in total. The van der Waals surface area contributed by atoms with Gasteiger partial charge >= 0.3 is 0 Å². The minimum atomic E-state index is 0.517. The molecule has 0 aromatic carbocycles. The summed E-state index contributed by atoms with van der Waals surface area (Å²) in [5, 5.41) is 0. The summed E-state index contributed by atoms with van der Waals surface area (Å²) in [6.45, 7) is 1.85. The fourth-order valence-electron chi connectivity index (χ4n) is 2.61. The van der Waals surface area contributed by atoms with Crippen molar-refractivity contribution >= 4 is 5.82 Å². The van der Waals surface area contributed by atoms with Crippen molar-refractivity contribution in [1.29, 1.82) is 0 Å². The van der Waals surface area contributed by atoms with Crippen LogP contribution in [0.3, 0.4) is 0 Å². The summed E-state index contributed by atoms with van der Waals surface area (Å²) in [5.41, 5.74) is 7.70. The Kier molecular flexibility index (Phi) is 3.11. The third kappa shape index (κ3) is 2.54. The topological polar surface area (TPSA) is 77.6 Å². The van der Waals surface area contributed by atoms with E-state index in [1.165, 1.54) is 25.7 Å². The zero-order chi connectivity index (χ0) is 13.2. The monoisotopic (exact) mass is 255 g/mol. The van der Waals surface area contributed by atoms with Crippen LogP contribution in [0.2, 0.25) is 0 Å². The average Bonchev–Trinajstić information content (AvgIpc) is 2.92. The van der Waals surface area contributed by atoms with Crippen LogP contribution in [-0.4, -0.2) is 19.9 Å². The molecule has 1 fully saturated rings. The van der Waals surface area contributed by atoms with E-state index >= 15 is 0 Å². The second-order valence-corrected chi connectivity index (χ2v) is 5.01. The van der Waals surface area contributed by atoms with E-state index in [1.807, 2.05) is 19.1 Å². The van der Waals surface area contributed by atoms with E-state index in [2.05, 4.69) is 19.9 Å². The van der Waals surface area contributed by atoms with Crippen LogP contribution < -0.4 is 5.73 Å². The molecule has 5 heteroatoms. The molecule has 0 aliphatic heterocycles. The SMILES string of the molecule is Cc1nccc(-c2nc(N)cc(C3CCCC3)n2)n1. The average molecular weight is 255 g/mol. The van der Waals surface area contributed by atoms with Crippen molar-refractivity contribution in [2.24, 2.45) is 0 Å². The molecule has 2 N–H and O–H groups in total. The lowest BCUT2D eigenvalue weighted by molar-refractivity contribution is 0.695. The number of rotatable bonds is 2. The largest absolute Gasteiger partial charge is 0.384 e. The van der Waals surface area contributed by atoms with Crippen molar-refractivity contribution < 1.29 is 0 Å². The highest BCUT2D eigenvalue weighted by molar-refractivity contribution is 5.52. The van der Waals surface area contributed by atoms with E-state index in [-0.39, 0.29) is 0 Å². The normalized spacial score (nSPS) is 15.8. The van der Waals surface area contributed by atoms with Gasteiger partial charge in [-0.3, -0.25) is 0 Å². The molecular weight excluding hydrogens is 238 g/mol. The number of nitrogen functional groups attached to an aromatic ring is 1. The summed E-state index contributed by atoms with van der Waals surface area (Å²) in [5.74, 6) is 2.36. The van der Waals surface area contributed by atoms with Crippen LogP contribution >= 0.6 is 0 Å². The zero-order valence-corrected chi connectivity index (χ0v) is 11.0. The molecule has 98 valence electrons. The van der Waals surface area contributed by atoms with Crippen molar-refractivity contribution in [1.82, 2.24) is 19.9 Å². The van der Waals surface area contributed by atoms with Gasteiger partial charge in [0, 0.05) is 23.9 Å². The molecule has 3 rings (SSSR count). The lowest BCUT2D eigenvalue weighted by Crippen LogP contribution is -2.04. The Bertz CT molecular complexity index is 590. The van der Waals surface area contributed by atoms with Gasteiger partial charge in [0.2, 0.25) is 0 Å². The van der Waals surface area contributed by atoms with Crippen LogP contribution in [0.1, 0.15) is 43.1 Å². The van der Waals surface area contributed by atoms with Gasteiger partial charge in [0.15, 0.2) is 5.82 Å². The van der Waals surface area contributed by atoms with Gasteiger partial charge in [-0.25, -0.2) is 19.9 Å². The van der Waals surface area contributed by atoms with Crippen molar-refractivity contribution in [2.45, 2.75) is 38.5 Å². The number of nitrogens with zero attached hydrogens (tertiary/aromatic N) is 4. The summed E-state index contributed by atoms with van der Waals surface area (Å²) < 4.78 is 0. The van der Waals surface area contributed by atoms with E-state index in [4.69, 9.17) is 5.73 Å². The standard InChI is InChI=1S/C14H17N5/c1-9-16-7-6-11(17-9)14-18-12(8-13(15)19-14)10-4-2-3-5-10/h6-8,10H,2-5H2,1H3,(H2,15,18,19). The molecule has 0 spiro atoms. The first kappa shape index (κ1) is 12.0. The molecule has 1 aliphatic rings. The summed E-state index contributed by atoms with van der Waals surface area (Å²) in [7, 11) is 0. The summed E-state index contributed by atoms with van der Waals surface area (Å²) in [4.78, 5) is 17.4. The Morgan fingerprint density at radius 2 is 1.95 bits per heavy atom. The molecule has 19 heavy (non-hydrogen) atoms. The molecule has 0 unspecified atom stereocenters. The van der Waals surface area contributed by atoms with Crippen molar-refractivity contribution in [3.63, 3.8) is 0 Å². The molecule has 1 aliphatic carbocycles. The molecule has 0 amide bonds. The number of hydrogen-bond acceptors (Lipinski definition) is 5. The highest BCUT2D eigenvalue weighted by Gasteiger charge is 2.20. The van der Waals surface area contributed by atoms with Crippen LogP contribution in [0.25, 0.3) is 11.5 Å². The Balaban J connectivity index is 2.01. The maximum absolute atomic E-state index is 5.91. The Morgan fingerprint density at radius 1 is 1.16 bits per heavy atom. The van der Waals surface area contributed by atoms with Gasteiger partial charge in [-0.15, -0.1) is 0 Å². The summed E-state index contributed by atoms with van der Waals surface area (Å²) in [6, 6.07) is 3.72. The number of hydrogen-bond donors (Lipinski definition) is 1. The fourth-order valence-corrected chi connectivity index (χ4v) is 2.61. The van der Waals surface area contributed by atoms with E-state index in [0.717, 1.165) is 11.4 Å². The molecule has 0 atom stereocenters. The third-order valence-corrected chi connectivity index (χ3v) is 3.54. The lowest BCUT2D eigenvalue weighted by atomic mass is 10.0. The van der Waals surface area contributed by atoms with E-state index in [1.54, 1.807) is 6.20 Å². The van der Waals surface area contributed by atoms with Crippen LogP contribution in [0.4, 0.5) is 5.82 Å². The second-order valence-electron chi connectivity index (χ2n) is 5.01. The van der Waals surface area contributed by atoms with Gasteiger partial charge in [0.05, 0.1) is 0 Å². The number of anilines is 1. The Labute approximate surface area is 112 Å². The molecule has 0 bridgehead atoms. The summed E-state index contributed by atoms with van der Waals surface area (Å²) in [6.07, 6.45) is 6.66. The van der Waals surface area contributed by atoms with Crippen LogP contribution in [0, 0.1) is 6.92 Å². The highest BCUT2D eigenvalue weighted by Crippen LogP contribution is 2.34. The predicted molar refractivity (Wildman–Crippen MR) is 73.4 cm³/mol. The zero-order valence-electron chi connectivity index (χ0n) is 11.0. The van der Waals surface area contributed by atoms with E-state index in [9.17, 15) is 0 Å². The molecule has 2 aromatic rings. The first-order chi connectivity index (χ1) is 9.22. The predicted octanol–water partition coefficient (Wildman–Crippen LogP) is 2.48. The van der Waals surface area contributed by atoms with Crippen LogP contribution in [0.5, 0.6) is 0 Å². The Hall–Kier alpha value is -2.04. The molecule has 2 heterocycles. The van der Waals surface area contributed by atoms with Gasteiger partial charge in [0.25, 0.3) is 0 Å². The van der Waals surface area contributed by atoms with Gasteiger partial charge in [-0.2, -0.15) is 0 Å². The maximum atomic E-state index is 5.91. The van der Waals surface area contributed by atoms with E-state index < -0.39 is 0 Å². The first-order valence-electron chi connectivity index (χ1n) is 6.67. The van der Waals surface area contributed by atoms with Crippen LogP contribution in [-0.2, 0) is 0 Å². The van der Waals surface area contributed by atoms with Gasteiger partial charge in [0.1, 0.15) is 17.3 Å². The quantitative estimate of drug-likeness (QED) is 0.892. The number of aromatic nitrogens is 4. The Morgan fingerprint density at radius 3 is 2.68 bits per heavy atom. The smallest absolute Gasteiger partial charge is 0.180 e. The molecule has 2 aromatic heterocycles. The fraction of sp³-hybridized carbons (Fsp3) is 0.429. The van der Waals surface area contributed by atoms with Gasteiger partial charge in [-0.1, -0.05) is 12.8 Å².